The van der Waals surface area contributed by atoms with Gasteiger partial charge >= 0.3 is 0 Å². The van der Waals surface area contributed by atoms with Crippen LogP contribution in [0.3, 0.4) is 0 Å². The summed E-state index contributed by atoms with van der Waals surface area (Å²) in [6.07, 6.45) is 5.99. The van der Waals surface area contributed by atoms with Crippen molar-refractivity contribution in [2.24, 2.45) is 11.8 Å². The van der Waals surface area contributed by atoms with E-state index in [9.17, 15) is 0 Å². The van der Waals surface area contributed by atoms with E-state index in [0.717, 1.165) is 11.8 Å². The molecule has 0 radical (unpaired) electrons. The van der Waals surface area contributed by atoms with Gasteiger partial charge in [-0.1, -0.05) is 45.2 Å². The molecule has 1 fully saturated rings. The molecular formula is C8H14I2. The van der Waals surface area contributed by atoms with Crippen molar-refractivity contribution < 1.29 is 0 Å². The Hall–Kier alpha value is 1.46. The summed E-state index contributed by atoms with van der Waals surface area (Å²) in [5.41, 5.74) is 0. The Morgan fingerprint density at radius 3 is 1.30 bits per heavy atom. The highest BCUT2D eigenvalue weighted by Gasteiger charge is 2.18. The standard InChI is InChI=1S/C8H14I2/c9-5-7-1-2-8(6-10)4-3-7/h7-8H,1-6H2/t7-,8-. The van der Waals surface area contributed by atoms with Crippen molar-refractivity contribution in [2.75, 3.05) is 8.86 Å². The first-order chi connectivity index (χ1) is 4.86. The summed E-state index contributed by atoms with van der Waals surface area (Å²) in [6.45, 7) is 0. The van der Waals surface area contributed by atoms with E-state index in [1.807, 2.05) is 0 Å². The molecule has 1 rings (SSSR count). The summed E-state index contributed by atoms with van der Waals surface area (Å²) in [6, 6.07) is 0. The first-order valence-electron chi connectivity index (χ1n) is 3.98. The van der Waals surface area contributed by atoms with Crippen LogP contribution in [0.4, 0.5) is 0 Å². The minimum absolute atomic E-state index is 1.06. The SMILES string of the molecule is IC[C@H]1CC[C@H](CI)CC1. The second-order valence-electron chi connectivity index (χ2n) is 3.20. The highest BCUT2D eigenvalue weighted by atomic mass is 127. The largest absolute Gasteiger partial charge is 0.0861 e. The van der Waals surface area contributed by atoms with E-state index in [-0.39, 0.29) is 0 Å². The average Bonchev–Trinajstić information content (AvgIpc) is 2.05. The summed E-state index contributed by atoms with van der Waals surface area (Å²) in [4.78, 5) is 0. The van der Waals surface area contributed by atoms with Crippen molar-refractivity contribution in [3.63, 3.8) is 0 Å². The quantitative estimate of drug-likeness (QED) is 0.518. The predicted molar refractivity (Wildman–Crippen MR) is 63.2 cm³/mol. The molecule has 0 nitrogen and oxygen atoms in total. The van der Waals surface area contributed by atoms with Crippen LogP contribution in [0.2, 0.25) is 0 Å². The van der Waals surface area contributed by atoms with Crippen molar-refractivity contribution in [2.45, 2.75) is 25.7 Å². The van der Waals surface area contributed by atoms with Crippen LogP contribution in [0.15, 0.2) is 0 Å². The lowest BCUT2D eigenvalue weighted by molar-refractivity contribution is 0.321. The summed E-state index contributed by atoms with van der Waals surface area (Å²) in [5, 5.41) is 0. The van der Waals surface area contributed by atoms with Crippen molar-refractivity contribution in [3.05, 3.63) is 0 Å². The zero-order chi connectivity index (χ0) is 7.40. The Labute approximate surface area is 90.8 Å². The van der Waals surface area contributed by atoms with Gasteiger partial charge in [0.1, 0.15) is 0 Å². The van der Waals surface area contributed by atoms with E-state index < -0.39 is 0 Å². The van der Waals surface area contributed by atoms with Crippen LogP contribution in [-0.2, 0) is 0 Å². The van der Waals surface area contributed by atoms with Crippen LogP contribution >= 0.6 is 45.2 Å². The van der Waals surface area contributed by atoms with Gasteiger partial charge in [0.25, 0.3) is 0 Å². The monoisotopic (exact) mass is 364 g/mol. The number of hydrogen-bond donors (Lipinski definition) is 0. The molecule has 0 amide bonds. The number of rotatable bonds is 2. The highest BCUT2D eigenvalue weighted by molar-refractivity contribution is 14.1. The topological polar surface area (TPSA) is 0 Å². The third-order valence-corrected chi connectivity index (χ3v) is 4.89. The number of halogens is 2. The van der Waals surface area contributed by atoms with Gasteiger partial charge in [0.05, 0.1) is 0 Å². The maximum absolute atomic E-state index is 2.52. The fraction of sp³-hybridized carbons (Fsp3) is 1.00. The average molecular weight is 364 g/mol. The maximum atomic E-state index is 2.52. The molecule has 0 spiro atoms. The van der Waals surface area contributed by atoms with Gasteiger partial charge in [0.15, 0.2) is 0 Å². The Bertz CT molecular complexity index is 73.3. The molecule has 60 valence electrons. The molecule has 0 bridgehead atoms. The molecule has 0 aliphatic heterocycles. The molecule has 0 saturated heterocycles. The minimum atomic E-state index is 1.06. The van der Waals surface area contributed by atoms with Gasteiger partial charge in [-0.05, 0) is 37.5 Å². The van der Waals surface area contributed by atoms with Gasteiger partial charge in [0, 0.05) is 8.86 Å². The Morgan fingerprint density at radius 2 is 1.10 bits per heavy atom. The first-order valence-corrected chi connectivity index (χ1v) is 7.04. The Balaban J connectivity index is 2.17. The molecule has 0 unspecified atom stereocenters. The second-order valence-corrected chi connectivity index (χ2v) is 4.96. The molecule has 0 N–H and O–H groups in total. The zero-order valence-corrected chi connectivity index (χ0v) is 10.5. The third-order valence-electron chi connectivity index (χ3n) is 2.40. The van der Waals surface area contributed by atoms with Crippen LogP contribution in [0.25, 0.3) is 0 Å². The number of alkyl halides is 2. The minimum Gasteiger partial charge on any atom is -0.0861 e. The molecule has 0 aromatic carbocycles. The second kappa shape index (κ2) is 5.17. The molecule has 1 aliphatic carbocycles. The lowest BCUT2D eigenvalue weighted by Gasteiger charge is -2.25. The maximum Gasteiger partial charge on any atom is 0.00237 e. The molecule has 0 aromatic rings. The van der Waals surface area contributed by atoms with Crippen LogP contribution in [0, 0.1) is 11.8 Å². The first kappa shape index (κ1) is 9.55. The van der Waals surface area contributed by atoms with Gasteiger partial charge in [0.2, 0.25) is 0 Å². The fourth-order valence-electron chi connectivity index (χ4n) is 1.54. The van der Waals surface area contributed by atoms with Gasteiger partial charge < -0.3 is 0 Å². The van der Waals surface area contributed by atoms with Gasteiger partial charge in [-0.15, -0.1) is 0 Å². The number of hydrogen-bond acceptors (Lipinski definition) is 0. The van der Waals surface area contributed by atoms with Crippen LogP contribution in [0.1, 0.15) is 25.7 Å². The van der Waals surface area contributed by atoms with Crippen LogP contribution in [0.5, 0.6) is 0 Å². The van der Waals surface area contributed by atoms with E-state index >= 15 is 0 Å². The van der Waals surface area contributed by atoms with Crippen molar-refractivity contribution >= 4 is 45.2 Å². The summed E-state index contributed by atoms with van der Waals surface area (Å²) in [7, 11) is 0. The van der Waals surface area contributed by atoms with Gasteiger partial charge in [-0.2, -0.15) is 0 Å². The van der Waals surface area contributed by atoms with Crippen LogP contribution in [-0.4, -0.2) is 8.86 Å². The van der Waals surface area contributed by atoms with E-state index in [2.05, 4.69) is 45.2 Å². The van der Waals surface area contributed by atoms with Crippen LogP contribution < -0.4 is 0 Å². The molecule has 0 atom stereocenters. The predicted octanol–water partition coefficient (Wildman–Crippen LogP) is 3.66. The third kappa shape index (κ3) is 2.83. The van der Waals surface area contributed by atoms with Crippen molar-refractivity contribution in [3.8, 4) is 0 Å². The van der Waals surface area contributed by atoms with E-state index in [4.69, 9.17) is 0 Å². The Kier molecular flexibility index (Phi) is 4.93. The highest BCUT2D eigenvalue weighted by Crippen LogP contribution is 2.30. The molecule has 1 aliphatic rings. The molecule has 0 heterocycles. The zero-order valence-electron chi connectivity index (χ0n) is 6.15. The summed E-state index contributed by atoms with van der Waals surface area (Å²) < 4.78 is 2.76. The molecule has 2 heteroatoms. The van der Waals surface area contributed by atoms with E-state index in [1.54, 1.807) is 0 Å². The molecular weight excluding hydrogens is 350 g/mol. The Morgan fingerprint density at radius 1 is 0.800 bits per heavy atom. The van der Waals surface area contributed by atoms with Crippen molar-refractivity contribution in [1.29, 1.82) is 0 Å². The molecule has 1 saturated carbocycles. The smallest absolute Gasteiger partial charge is 0.00237 e. The molecule has 0 aromatic heterocycles. The summed E-state index contributed by atoms with van der Waals surface area (Å²) in [5.74, 6) is 2.11. The van der Waals surface area contributed by atoms with Gasteiger partial charge in [-0.25, -0.2) is 0 Å². The van der Waals surface area contributed by atoms with Crippen molar-refractivity contribution in [1.82, 2.24) is 0 Å². The summed E-state index contributed by atoms with van der Waals surface area (Å²) >= 11 is 5.05. The van der Waals surface area contributed by atoms with Gasteiger partial charge in [-0.3, -0.25) is 0 Å². The van der Waals surface area contributed by atoms with E-state index in [1.165, 1.54) is 34.5 Å². The normalized spacial score (nSPS) is 34.2. The molecule has 10 heavy (non-hydrogen) atoms. The lowest BCUT2D eigenvalue weighted by atomic mass is 9.84. The van der Waals surface area contributed by atoms with E-state index in [0.29, 0.717) is 0 Å². The lowest BCUT2D eigenvalue weighted by Crippen LogP contribution is -2.15. The fourth-order valence-corrected chi connectivity index (χ4v) is 3.30.